The van der Waals surface area contributed by atoms with Crippen LogP contribution in [-0.2, 0) is 13.0 Å². The van der Waals surface area contributed by atoms with Gasteiger partial charge in [0.2, 0.25) is 0 Å². The Kier molecular flexibility index (Phi) is 5.04. The van der Waals surface area contributed by atoms with Crippen molar-refractivity contribution in [1.29, 1.82) is 0 Å². The van der Waals surface area contributed by atoms with Gasteiger partial charge in [0, 0.05) is 40.8 Å². The van der Waals surface area contributed by atoms with Crippen molar-refractivity contribution in [3.63, 3.8) is 0 Å². The zero-order valence-electron chi connectivity index (χ0n) is 18.4. The van der Waals surface area contributed by atoms with E-state index in [0.717, 1.165) is 0 Å². The predicted octanol–water partition coefficient (Wildman–Crippen LogP) is 5.16. The molecule has 0 saturated carbocycles. The Morgan fingerprint density at radius 3 is 2.83 bits per heavy atom. The van der Waals surface area contributed by atoms with E-state index < -0.39 is 23.2 Å². The largest absolute Gasteiger partial charge is 0.492 e. The van der Waals surface area contributed by atoms with Gasteiger partial charge in [0.1, 0.15) is 28.2 Å². The highest BCUT2D eigenvalue weighted by Crippen LogP contribution is 2.44. The summed E-state index contributed by atoms with van der Waals surface area (Å²) >= 11 is 6.41. The number of carboxylic acids is 1. The fraction of sp³-hybridized carbons (Fsp3) is 0.115. The van der Waals surface area contributed by atoms with Crippen LogP contribution in [0.15, 0.2) is 53.5 Å². The molecule has 0 amide bonds. The molecule has 0 unspecified atom stereocenters. The molecule has 5 aromatic rings. The van der Waals surface area contributed by atoms with Crippen LogP contribution in [0.4, 0.5) is 8.78 Å². The van der Waals surface area contributed by atoms with Crippen molar-refractivity contribution >= 4 is 39.4 Å². The molecule has 0 fully saturated rings. The fourth-order valence-corrected chi connectivity index (χ4v) is 5.05. The van der Waals surface area contributed by atoms with E-state index in [2.05, 4.69) is 9.97 Å². The Morgan fingerprint density at radius 2 is 2.06 bits per heavy atom. The Balaban J connectivity index is 1.69. The van der Waals surface area contributed by atoms with E-state index in [9.17, 15) is 19.1 Å². The molecule has 180 valence electrons. The second kappa shape index (κ2) is 8.17. The number of hydrogen-bond donors (Lipinski definition) is 2. The van der Waals surface area contributed by atoms with Gasteiger partial charge in [-0.2, -0.15) is 0 Å². The number of aromatic carboxylic acids is 1. The number of pyridine rings is 2. The van der Waals surface area contributed by atoms with Gasteiger partial charge >= 0.3 is 5.97 Å². The number of rotatable bonds is 4. The van der Waals surface area contributed by atoms with Crippen LogP contribution in [0, 0.1) is 11.6 Å². The molecule has 7 nitrogen and oxygen atoms in total. The maximum absolute atomic E-state index is 15.1. The van der Waals surface area contributed by atoms with Crippen LogP contribution >= 0.6 is 11.6 Å². The summed E-state index contributed by atoms with van der Waals surface area (Å²) in [5, 5.41) is 11.3. The Morgan fingerprint density at radius 1 is 1.22 bits per heavy atom. The molecular weight excluding hydrogens is 492 g/mol. The summed E-state index contributed by atoms with van der Waals surface area (Å²) in [6.07, 6.45) is 1.77. The molecule has 0 radical (unpaired) electrons. The van der Waals surface area contributed by atoms with Gasteiger partial charge in [-0.3, -0.25) is 4.79 Å². The van der Waals surface area contributed by atoms with Gasteiger partial charge in [0.25, 0.3) is 5.56 Å². The van der Waals surface area contributed by atoms with Gasteiger partial charge in [0.05, 0.1) is 35.1 Å². The smallest absolute Gasteiger partial charge is 0.353 e. The zero-order chi connectivity index (χ0) is 25.1. The lowest BCUT2D eigenvalue weighted by atomic mass is 10.00. The summed E-state index contributed by atoms with van der Waals surface area (Å²) in [6, 6.07) is 10.1. The van der Waals surface area contributed by atoms with E-state index in [-0.39, 0.29) is 46.4 Å². The lowest BCUT2D eigenvalue weighted by Gasteiger charge is -2.12. The van der Waals surface area contributed by atoms with Crippen molar-refractivity contribution in [2.24, 2.45) is 0 Å². The van der Waals surface area contributed by atoms with Crippen molar-refractivity contribution in [2.45, 2.75) is 13.0 Å². The molecular formula is C26H16ClF2N3O4. The van der Waals surface area contributed by atoms with Crippen LogP contribution in [-0.4, -0.2) is 32.2 Å². The van der Waals surface area contributed by atoms with Gasteiger partial charge in [-0.05, 0) is 36.4 Å². The van der Waals surface area contributed by atoms with E-state index in [0.29, 0.717) is 33.8 Å². The predicted molar refractivity (Wildman–Crippen MR) is 130 cm³/mol. The van der Waals surface area contributed by atoms with E-state index in [4.69, 9.17) is 16.3 Å². The number of nitrogens with one attached hydrogen (secondary N) is 1. The minimum atomic E-state index is -1.32. The summed E-state index contributed by atoms with van der Waals surface area (Å²) in [7, 11) is 0. The Bertz CT molecular complexity index is 1790. The summed E-state index contributed by atoms with van der Waals surface area (Å²) in [6.45, 7) is 0.140. The van der Waals surface area contributed by atoms with Crippen LogP contribution in [0.1, 0.15) is 21.6 Å². The number of halogens is 3. The Labute approximate surface area is 206 Å². The lowest BCUT2D eigenvalue weighted by Crippen LogP contribution is -2.14. The van der Waals surface area contributed by atoms with Crippen LogP contribution in [0.5, 0.6) is 5.75 Å². The molecule has 1 aliphatic heterocycles. The maximum Gasteiger partial charge on any atom is 0.353 e. The molecule has 0 atom stereocenters. The monoisotopic (exact) mass is 507 g/mol. The third-order valence-corrected chi connectivity index (χ3v) is 6.71. The van der Waals surface area contributed by atoms with Gasteiger partial charge in [-0.15, -0.1) is 0 Å². The summed E-state index contributed by atoms with van der Waals surface area (Å²) in [5.74, 6) is -2.09. The fourth-order valence-electron chi connectivity index (χ4n) is 4.84. The molecule has 6 rings (SSSR count). The molecule has 0 saturated heterocycles. The number of carbonyl (C=O) groups is 1. The van der Waals surface area contributed by atoms with E-state index in [1.165, 1.54) is 35.0 Å². The zero-order valence-corrected chi connectivity index (χ0v) is 19.2. The standard InChI is InChI=1S/C26H16ClF2N3O4/c27-24-13(8-12-3-4-14(28)9-18(12)31-24)11-32-19-10-17(29)15-5-7-36-23(15)21(19)20(22(32)26(34)35)16-2-1-6-30-25(16)33/h1-4,6,8-10H,5,7,11H2,(H,30,33)(H,34,35). The number of benzene rings is 2. The number of nitrogens with zero attached hydrogens (tertiary/aromatic N) is 2. The normalized spacial score (nSPS) is 12.8. The van der Waals surface area contributed by atoms with Crippen LogP contribution < -0.4 is 10.3 Å². The molecule has 1 aliphatic rings. The molecule has 36 heavy (non-hydrogen) atoms. The average Bonchev–Trinajstić information content (AvgIpc) is 3.44. The first-order valence-corrected chi connectivity index (χ1v) is 11.4. The molecule has 2 N–H and O–H groups in total. The highest BCUT2D eigenvalue weighted by molar-refractivity contribution is 6.30. The first kappa shape index (κ1) is 22.2. The van der Waals surface area contributed by atoms with Crippen molar-refractivity contribution < 1.29 is 23.4 Å². The SMILES string of the molecule is O=C(O)c1c(-c2ccc[nH]c2=O)c2c3c(c(F)cc2n1Cc1cc2ccc(F)cc2nc1Cl)CCO3. The third kappa shape index (κ3) is 3.35. The summed E-state index contributed by atoms with van der Waals surface area (Å²) < 4.78 is 35.9. The van der Waals surface area contributed by atoms with E-state index >= 15 is 4.39 Å². The van der Waals surface area contributed by atoms with Crippen molar-refractivity contribution in [1.82, 2.24) is 14.5 Å². The number of aromatic amines is 1. The Hall–Kier alpha value is -4.24. The van der Waals surface area contributed by atoms with Crippen LogP contribution in [0.3, 0.4) is 0 Å². The van der Waals surface area contributed by atoms with Crippen molar-refractivity contribution in [3.8, 4) is 16.9 Å². The number of H-pyrrole nitrogens is 1. The highest BCUT2D eigenvalue weighted by Gasteiger charge is 2.32. The second-order valence-corrected chi connectivity index (χ2v) is 8.82. The number of ether oxygens (including phenoxy) is 1. The number of fused-ring (bicyclic) bond motifs is 4. The van der Waals surface area contributed by atoms with E-state index in [1.54, 1.807) is 18.2 Å². The van der Waals surface area contributed by atoms with Crippen LogP contribution in [0.25, 0.3) is 32.9 Å². The quantitative estimate of drug-likeness (QED) is 0.328. The minimum Gasteiger partial charge on any atom is -0.492 e. The molecule has 0 aliphatic carbocycles. The summed E-state index contributed by atoms with van der Waals surface area (Å²) in [4.78, 5) is 32.2. The van der Waals surface area contributed by atoms with Crippen molar-refractivity contribution in [2.75, 3.05) is 6.61 Å². The van der Waals surface area contributed by atoms with Gasteiger partial charge in [-0.1, -0.05) is 11.6 Å². The first-order valence-electron chi connectivity index (χ1n) is 11.0. The van der Waals surface area contributed by atoms with Crippen molar-refractivity contribution in [3.05, 3.63) is 92.6 Å². The molecule has 3 aromatic heterocycles. The minimum absolute atomic E-state index is 0.0447. The average molecular weight is 508 g/mol. The highest BCUT2D eigenvalue weighted by atomic mass is 35.5. The second-order valence-electron chi connectivity index (χ2n) is 8.46. The maximum atomic E-state index is 15.1. The number of carboxylic acid groups (broad SMARTS) is 1. The van der Waals surface area contributed by atoms with Gasteiger partial charge in [-0.25, -0.2) is 18.6 Å². The number of aromatic nitrogens is 3. The molecule has 2 aromatic carbocycles. The topological polar surface area (TPSA) is 97.2 Å². The third-order valence-electron chi connectivity index (χ3n) is 6.38. The first-order chi connectivity index (χ1) is 17.3. The van der Waals surface area contributed by atoms with Crippen LogP contribution in [0.2, 0.25) is 5.15 Å². The lowest BCUT2D eigenvalue weighted by molar-refractivity contribution is 0.0687. The summed E-state index contributed by atoms with van der Waals surface area (Å²) in [5.41, 5.74) is 0.865. The molecule has 10 heteroatoms. The van der Waals surface area contributed by atoms with E-state index in [1.807, 2.05) is 0 Å². The molecule has 4 heterocycles. The van der Waals surface area contributed by atoms with Gasteiger partial charge < -0.3 is 19.4 Å². The molecule has 0 bridgehead atoms. The molecule has 0 spiro atoms. The number of hydrogen-bond acceptors (Lipinski definition) is 4. The van der Waals surface area contributed by atoms with Gasteiger partial charge in [0.15, 0.2) is 0 Å².